The van der Waals surface area contributed by atoms with Gasteiger partial charge in [0.05, 0.1) is 0 Å². The van der Waals surface area contributed by atoms with Gasteiger partial charge in [-0.05, 0) is 45.9 Å². The predicted octanol–water partition coefficient (Wildman–Crippen LogP) is 0.884. The van der Waals surface area contributed by atoms with E-state index >= 15 is 0 Å². The minimum Gasteiger partial charge on any atom is -0.399 e. The van der Waals surface area contributed by atoms with Gasteiger partial charge in [-0.15, -0.1) is 0 Å². The molecule has 6 nitrogen and oxygen atoms in total. The fraction of sp³-hybridized carbons (Fsp3) is 0.429. The van der Waals surface area contributed by atoms with Crippen molar-refractivity contribution < 1.29 is 9.59 Å². The SMILES string of the molecule is CC(NC(=O)c1cc(N)cc(N)c1)C(=O)NC(C)(C)C. The average molecular weight is 278 g/mol. The number of amides is 2. The Morgan fingerprint density at radius 2 is 1.60 bits per heavy atom. The molecule has 1 unspecified atom stereocenters. The third-order valence-corrected chi connectivity index (χ3v) is 2.48. The molecule has 0 heterocycles. The first-order valence-electron chi connectivity index (χ1n) is 6.37. The number of nitrogen functional groups attached to an aromatic ring is 2. The number of benzene rings is 1. The second kappa shape index (κ2) is 5.81. The highest BCUT2D eigenvalue weighted by Crippen LogP contribution is 2.13. The van der Waals surface area contributed by atoms with Crippen molar-refractivity contribution in [2.45, 2.75) is 39.3 Å². The topological polar surface area (TPSA) is 110 Å². The molecule has 6 N–H and O–H groups in total. The van der Waals surface area contributed by atoms with Crippen molar-refractivity contribution in [3.05, 3.63) is 23.8 Å². The molecule has 110 valence electrons. The van der Waals surface area contributed by atoms with Crippen LogP contribution < -0.4 is 22.1 Å². The molecule has 1 aromatic carbocycles. The van der Waals surface area contributed by atoms with Gasteiger partial charge < -0.3 is 22.1 Å². The van der Waals surface area contributed by atoms with Crippen LogP contribution in [0.2, 0.25) is 0 Å². The maximum Gasteiger partial charge on any atom is 0.252 e. The van der Waals surface area contributed by atoms with Gasteiger partial charge in [0, 0.05) is 22.5 Å². The van der Waals surface area contributed by atoms with Crippen molar-refractivity contribution >= 4 is 23.2 Å². The van der Waals surface area contributed by atoms with Crippen molar-refractivity contribution in [3.8, 4) is 0 Å². The number of carbonyl (C=O) groups excluding carboxylic acids is 2. The van der Waals surface area contributed by atoms with Crippen LogP contribution in [-0.2, 0) is 4.79 Å². The van der Waals surface area contributed by atoms with Crippen molar-refractivity contribution in [1.82, 2.24) is 10.6 Å². The van der Waals surface area contributed by atoms with Gasteiger partial charge in [-0.25, -0.2) is 0 Å². The maximum atomic E-state index is 12.0. The molecule has 6 heteroatoms. The quantitative estimate of drug-likeness (QED) is 0.615. The first-order valence-corrected chi connectivity index (χ1v) is 6.37. The molecule has 0 saturated carbocycles. The van der Waals surface area contributed by atoms with Gasteiger partial charge in [0.1, 0.15) is 6.04 Å². The highest BCUT2D eigenvalue weighted by atomic mass is 16.2. The number of anilines is 2. The Labute approximate surface area is 118 Å². The summed E-state index contributed by atoms with van der Waals surface area (Å²) < 4.78 is 0. The van der Waals surface area contributed by atoms with Crippen molar-refractivity contribution in [3.63, 3.8) is 0 Å². The van der Waals surface area contributed by atoms with E-state index in [1.165, 1.54) is 12.1 Å². The summed E-state index contributed by atoms with van der Waals surface area (Å²) >= 11 is 0. The van der Waals surface area contributed by atoms with Crippen LogP contribution in [-0.4, -0.2) is 23.4 Å². The smallest absolute Gasteiger partial charge is 0.252 e. The monoisotopic (exact) mass is 278 g/mol. The van der Waals surface area contributed by atoms with Gasteiger partial charge in [0.15, 0.2) is 0 Å². The molecular weight excluding hydrogens is 256 g/mol. The normalized spacial score (nSPS) is 12.6. The first kappa shape index (κ1) is 15.8. The Morgan fingerprint density at radius 1 is 1.10 bits per heavy atom. The Balaban J connectivity index is 2.72. The number of hydrogen-bond acceptors (Lipinski definition) is 4. The Bertz CT molecular complexity index is 500. The van der Waals surface area contributed by atoms with E-state index in [1.54, 1.807) is 13.0 Å². The van der Waals surface area contributed by atoms with Crippen molar-refractivity contribution in [1.29, 1.82) is 0 Å². The van der Waals surface area contributed by atoms with Crippen LogP contribution in [0, 0.1) is 0 Å². The Morgan fingerprint density at radius 3 is 2.05 bits per heavy atom. The second-order valence-corrected chi connectivity index (χ2v) is 5.82. The molecule has 0 aromatic heterocycles. The molecule has 2 amide bonds. The van der Waals surface area contributed by atoms with E-state index < -0.39 is 6.04 Å². The van der Waals surface area contributed by atoms with Gasteiger partial charge in [0.2, 0.25) is 5.91 Å². The van der Waals surface area contributed by atoms with Crippen LogP contribution >= 0.6 is 0 Å². The molecule has 0 aliphatic rings. The Kier molecular flexibility index (Phi) is 4.60. The molecule has 0 bridgehead atoms. The van der Waals surface area contributed by atoms with Crippen LogP contribution in [0.25, 0.3) is 0 Å². The predicted molar refractivity (Wildman–Crippen MR) is 80.1 cm³/mol. The fourth-order valence-corrected chi connectivity index (χ4v) is 1.63. The van der Waals surface area contributed by atoms with Gasteiger partial charge in [-0.1, -0.05) is 0 Å². The lowest BCUT2D eigenvalue weighted by Crippen LogP contribution is -2.50. The summed E-state index contributed by atoms with van der Waals surface area (Å²) in [6.45, 7) is 7.24. The van der Waals surface area contributed by atoms with Crippen molar-refractivity contribution in [2.75, 3.05) is 11.5 Å². The van der Waals surface area contributed by atoms with Crippen LogP contribution in [0.3, 0.4) is 0 Å². The number of hydrogen-bond donors (Lipinski definition) is 4. The third-order valence-electron chi connectivity index (χ3n) is 2.48. The summed E-state index contributed by atoms with van der Waals surface area (Å²) in [6, 6.07) is 3.94. The minimum absolute atomic E-state index is 0.247. The molecule has 1 atom stereocenters. The lowest BCUT2D eigenvalue weighted by atomic mass is 10.1. The first-order chi connectivity index (χ1) is 9.08. The van der Waals surface area contributed by atoms with Gasteiger partial charge in [-0.3, -0.25) is 9.59 Å². The summed E-state index contributed by atoms with van der Waals surface area (Å²) in [7, 11) is 0. The minimum atomic E-state index is -0.649. The lowest BCUT2D eigenvalue weighted by molar-refractivity contribution is -0.124. The molecule has 0 saturated heterocycles. The summed E-state index contributed by atoms with van der Waals surface area (Å²) in [5.74, 6) is -0.636. The van der Waals surface area contributed by atoms with E-state index in [2.05, 4.69) is 10.6 Å². The highest BCUT2D eigenvalue weighted by Gasteiger charge is 2.21. The van der Waals surface area contributed by atoms with Crippen LogP contribution in [0.4, 0.5) is 11.4 Å². The van der Waals surface area contributed by atoms with E-state index in [-0.39, 0.29) is 17.4 Å². The molecule has 1 aromatic rings. The summed E-state index contributed by atoms with van der Waals surface area (Å²) in [4.78, 5) is 23.9. The third kappa shape index (κ3) is 4.79. The molecule has 0 fully saturated rings. The average Bonchev–Trinajstić information content (AvgIpc) is 2.25. The molecule has 1 rings (SSSR count). The van der Waals surface area contributed by atoms with Gasteiger partial charge >= 0.3 is 0 Å². The molecule has 20 heavy (non-hydrogen) atoms. The number of rotatable bonds is 3. The number of carbonyl (C=O) groups is 2. The van der Waals surface area contributed by atoms with E-state index in [0.29, 0.717) is 16.9 Å². The van der Waals surface area contributed by atoms with E-state index in [1.807, 2.05) is 20.8 Å². The molecule has 0 aliphatic heterocycles. The summed E-state index contributed by atoms with van der Waals surface area (Å²) in [5, 5.41) is 5.41. The van der Waals surface area contributed by atoms with E-state index in [0.717, 1.165) is 0 Å². The van der Waals surface area contributed by atoms with Crippen LogP contribution in [0.15, 0.2) is 18.2 Å². The molecular formula is C14H22N4O2. The number of nitrogens with two attached hydrogens (primary N) is 2. The zero-order chi connectivity index (χ0) is 15.5. The largest absolute Gasteiger partial charge is 0.399 e. The van der Waals surface area contributed by atoms with Crippen LogP contribution in [0.1, 0.15) is 38.1 Å². The van der Waals surface area contributed by atoms with Crippen molar-refractivity contribution in [2.24, 2.45) is 0 Å². The molecule has 0 radical (unpaired) electrons. The summed E-state index contributed by atoms with van der Waals surface area (Å²) in [6.07, 6.45) is 0. The zero-order valence-corrected chi connectivity index (χ0v) is 12.3. The van der Waals surface area contributed by atoms with E-state index in [4.69, 9.17) is 11.5 Å². The van der Waals surface area contributed by atoms with Crippen LogP contribution in [0.5, 0.6) is 0 Å². The fourth-order valence-electron chi connectivity index (χ4n) is 1.63. The lowest BCUT2D eigenvalue weighted by Gasteiger charge is -2.23. The zero-order valence-electron chi connectivity index (χ0n) is 12.3. The van der Waals surface area contributed by atoms with Gasteiger partial charge in [-0.2, -0.15) is 0 Å². The maximum absolute atomic E-state index is 12.0. The van der Waals surface area contributed by atoms with Gasteiger partial charge in [0.25, 0.3) is 5.91 Å². The Hall–Kier alpha value is -2.24. The standard InChI is InChI=1S/C14H22N4O2/c1-8(12(19)18-14(2,3)4)17-13(20)9-5-10(15)7-11(16)6-9/h5-8H,15-16H2,1-4H3,(H,17,20)(H,18,19). The molecule has 0 aliphatic carbocycles. The van der Waals surface area contributed by atoms with E-state index in [9.17, 15) is 9.59 Å². The number of nitrogens with one attached hydrogen (secondary N) is 2. The summed E-state index contributed by atoms with van der Waals surface area (Å²) in [5.41, 5.74) is 12.1. The second-order valence-electron chi connectivity index (χ2n) is 5.82. The highest BCUT2D eigenvalue weighted by molar-refractivity contribution is 5.98. The molecule has 0 spiro atoms.